The zero-order valence-corrected chi connectivity index (χ0v) is 7.93. The van der Waals surface area contributed by atoms with Crippen molar-refractivity contribution >= 4 is 0 Å². The average Bonchev–Trinajstić information content (AvgIpc) is 2.15. The summed E-state index contributed by atoms with van der Waals surface area (Å²) in [5.41, 5.74) is 0.811. The molecule has 1 aromatic rings. The summed E-state index contributed by atoms with van der Waals surface area (Å²) in [6.07, 6.45) is -0.403. The van der Waals surface area contributed by atoms with Gasteiger partial charge in [0.2, 0.25) is 6.54 Å². The summed E-state index contributed by atoms with van der Waals surface area (Å²) in [5.74, 6) is -2.88. The molecular weight excluding hydrogens is 184 g/mol. The lowest BCUT2D eigenvalue weighted by Gasteiger charge is -2.14. The van der Waals surface area contributed by atoms with E-state index in [2.05, 4.69) is 4.85 Å². The van der Waals surface area contributed by atoms with Crippen molar-refractivity contribution in [3.63, 3.8) is 0 Å². The minimum absolute atomic E-state index is 0.00106. The summed E-state index contributed by atoms with van der Waals surface area (Å²) < 4.78 is 26.8. The Balaban J connectivity index is 2.87. The molecule has 0 N–H and O–H groups in total. The Morgan fingerprint density at radius 2 is 2.14 bits per heavy atom. The van der Waals surface area contributed by atoms with E-state index >= 15 is 0 Å². The molecule has 0 aliphatic rings. The largest absolute Gasteiger partial charge is 0.317 e. The van der Waals surface area contributed by atoms with Gasteiger partial charge in [-0.25, -0.2) is 15.4 Å². The van der Waals surface area contributed by atoms with E-state index in [1.54, 1.807) is 19.1 Å². The van der Waals surface area contributed by atoms with Gasteiger partial charge in [0, 0.05) is 5.56 Å². The quantitative estimate of drug-likeness (QED) is 0.651. The highest BCUT2D eigenvalue weighted by molar-refractivity contribution is 5.25. The molecule has 0 bridgehead atoms. The molecule has 0 aromatic heterocycles. The number of benzene rings is 1. The summed E-state index contributed by atoms with van der Waals surface area (Å²) in [6.45, 7) is 8.11. The Kier molecular flexibility index (Phi) is 3.19. The number of alkyl halides is 2. The molecular formula is C11H11F2N. The second-order valence-corrected chi connectivity index (χ2v) is 3.21. The van der Waals surface area contributed by atoms with Crippen LogP contribution in [0.2, 0.25) is 0 Å². The van der Waals surface area contributed by atoms with Gasteiger partial charge in [0.05, 0.1) is 6.42 Å². The van der Waals surface area contributed by atoms with Crippen molar-refractivity contribution in [3.05, 3.63) is 46.8 Å². The highest BCUT2D eigenvalue weighted by atomic mass is 19.3. The third-order valence-corrected chi connectivity index (χ3v) is 1.98. The van der Waals surface area contributed by atoms with E-state index in [0.717, 1.165) is 5.56 Å². The van der Waals surface area contributed by atoms with E-state index in [-0.39, 0.29) is 12.1 Å². The molecule has 0 heterocycles. The van der Waals surface area contributed by atoms with Crippen LogP contribution in [0.15, 0.2) is 24.3 Å². The standard InChI is InChI=1S/C11H11F2N/c1-9-4-3-5-10(8-9)11(12,13)6-7-14-2/h3-5,8H,6-7H2,1H3. The number of nitrogens with zero attached hydrogens (tertiary/aromatic N) is 1. The molecule has 0 amide bonds. The predicted octanol–water partition coefficient (Wildman–Crippen LogP) is 3.40. The van der Waals surface area contributed by atoms with Gasteiger partial charge in [-0.3, -0.25) is 0 Å². The molecule has 0 atom stereocenters. The van der Waals surface area contributed by atoms with E-state index in [0.29, 0.717) is 0 Å². The molecule has 1 aromatic carbocycles. The minimum Gasteiger partial charge on any atom is -0.317 e. The Labute approximate surface area is 82.2 Å². The van der Waals surface area contributed by atoms with Gasteiger partial charge in [-0.2, -0.15) is 0 Å². The number of aryl methyl sites for hydroxylation is 1. The van der Waals surface area contributed by atoms with Crippen LogP contribution in [-0.4, -0.2) is 6.54 Å². The summed E-state index contributed by atoms with van der Waals surface area (Å²) in [4.78, 5) is 2.94. The summed E-state index contributed by atoms with van der Waals surface area (Å²) >= 11 is 0. The fourth-order valence-corrected chi connectivity index (χ4v) is 1.21. The van der Waals surface area contributed by atoms with Gasteiger partial charge in [0.15, 0.2) is 0 Å². The maximum absolute atomic E-state index is 13.4. The Morgan fingerprint density at radius 3 is 2.71 bits per heavy atom. The molecule has 0 unspecified atom stereocenters. The van der Waals surface area contributed by atoms with Crippen LogP contribution in [0.5, 0.6) is 0 Å². The molecule has 0 aliphatic heterocycles. The van der Waals surface area contributed by atoms with Gasteiger partial charge in [-0.05, 0) is 6.92 Å². The van der Waals surface area contributed by atoms with E-state index < -0.39 is 12.3 Å². The number of hydrogen-bond acceptors (Lipinski definition) is 0. The fourth-order valence-electron chi connectivity index (χ4n) is 1.21. The molecule has 0 radical (unpaired) electrons. The van der Waals surface area contributed by atoms with Crippen LogP contribution in [0.3, 0.4) is 0 Å². The Hall–Kier alpha value is -1.43. The highest BCUT2D eigenvalue weighted by Crippen LogP contribution is 2.31. The molecule has 14 heavy (non-hydrogen) atoms. The zero-order valence-electron chi connectivity index (χ0n) is 7.93. The predicted molar refractivity (Wildman–Crippen MR) is 51.2 cm³/mol. The van der Waals surface area contributed by atoms with Gasteiger partial charge in [-0.1, -0.05) is 29.8 Å². The second-order valence-electron chi connectivity index (χ2n) is 3.21. The average molecular weight is 195 g/mol. The lowest BCUT2D eigenvalue weighted by molar-refractivity contribution is -0.00897. The van der Waals surface area contributed by atoms with Crippen molar-refractivity contribution < 1.29 is 8.78 Å². The number of hydrogen-bond donors (Lipinski definition) is 0. The smallest absolute Gasteiger partial charge is 0.280 e. The van der Waals surface area contributed by atoms with Gasteiger partial charge < -0.3 is 4.85 Å². The van der Waals surface area contributed by atoms with Crippen LogP contribution >= 0.6 is 0 Å². The highest BCUT2D eigenvalue weighted by Gasteiger charge is 2.32. The SMILES string of the molecule is [C-]#[N+]CCC(F)(F)c1cccc(C)c1. The third kappa shape index (κ3) is 2.53. The maximum Gasteiger partial charge on any atom is 0.280 e. The number of halogens is 2. The van der Waals surface area contributed by atoms with Crippen LogP contribution in [-0.2, 0) is 5.92 Å². The second kappa shape index (κ2) is 4.19. The molecule has 0 saturated carbocycles. The van der Waals surface area contributed by atoms with Crippen LogP contribution in [0, 0.1) is 13.5 Å². The first-order valence-corrected chi connectivity index (χ1v) is 4.34. The van der Waals surface area contributed by atoms with Crippen molar-refractivity contribution in [1.82, 2.24) is 0 Å². The van der Waals surface area contributed by atoms with Crippen LogP contribution in [0.25, 0.3) is 4.85 Å². The van der Waals surface area contributed by atoms with Crippen molar-refractivity contribution in [3.8, 4) is 0 Å². The normalized spacial score (nSPS) is 11.0. The van der Waals surface area contributed by atoms with Gasteiger partial charge >= 0.3 is 0 Å². The summed E-state index contributed by atoms with van der Waals surface area (Å²) in [5, 5.41) is 0. The van der Waals surface area contributed by atoms with Gasteiger partial charge in [0.1, 0.15) is 0 Å². The number of rotatable bonds is 3. The first-order chi connectivity index (χ1) is 6.56. The fraction of sp³-hybridized carbons (Fsp3) is 0.364. The third-order valence-electron chi connectivity index (χ3n) is 1.98. The monoisotopic (exact) mass is 195 g/mol. The first kappa shape index (κ1) is 10.6. The lowest BCUT2D eigenvalue weighted by Crippen LogP contribution is -2.14. The zero-order chi connectivity index (χ0) is 10.6. The van der Waals surface area contributed by atoms with E-state index in [9.17, 15) is 8.78 Å². The molecule has 1 nitrogen and oxygen atoms in total. The topological polar surface area (TPSA) is 4.36 Å². The van der Waals surface area contributed by atoms with Crippen molar-refractivity contribution in [2.24, 2.45) is 0 Å². The van der Waals surface area contributed by atoms with Crippen molar-refractivity contribution in [1.29, 1.82) is 0 Å². The van der Waals surface area contributed by atoms with Gasteiger partial charge in [-0.15, -0.1) is 0 Å². The van der Waals surface area contributed by atoms with Crippen LogP contribution in [0.4, 0.5) is 8.78 Å². The minimum atomic E-state index is -2.88. The molecule has 3 heteroatoms. The molecule has 0 aliphatic carbocycles. The van der Waals surface area contributed by atoms with Crippen LogP contribution in [0.1, 0.15) is 17.5 Å². The van der Waals surface area contributed by atoms with Gasteiger partial charge in [0.25, 0.3) is 5.92 Å². The maximum atomic E-state index is 13.4. The molecule has 0 saturated heterocycles. The first-order valence-electron chi connectivity index (χ1n) is 4.34. The van der Waals surface area contributed by atoms with Crippen LogP contribution < -0.4 is 0 Å². The van der Waals surface area contributed by atoms with Crippen molar-refractivity contribution in [2.75, 3.05) is 6.54 Å². The lowest BCUT2D eigenvalue weighted by atomic mass is 10.0. The molecule has 0 fully saturated rings. The van der Waals surface area contributed by atoms with E-state index in [1.807, 2.05) is 0 Å². The summed E-state index contributed by atoms with van der Waals surface area (Å²) in [7, 11) is 0. The van der Waals surface area contributed by atoms with Crippen molar-refractivity contribution in [2.45, 2.75) is 19.3 Å². The Bertz CT molecular complexity index is 353. The Morgan fingerprint density at radius 1 is 1.43 bits per heavy atom. The van der Waals surface area contributed by atoms with E-state index in [4.69, 9.17) is 6.57 Å². The van der Waals surface area contributed by atoms with E-state index in [1.165, 1.54) is 12.1 Å². The molecule has 1 rings (SSSR count). The molecule has 74 valence electrons. The molecule has 0 spiro atoms. The summed E-state index contributed by atoms with van der Waals surface area (Å²) in [6, 6.07) is 6.24.